The Balaban J connectivity index is 2.28. The topological polar surface area (TPSA) is 36.1 Å². The van der Waals surface area contributed by atoms with Gasteiger partial charge in [-0.25, -0.2) is 0 Å². The van der Waals surface area contributed by atoms with Gasteiger partial charge in [0.25, 0.3) is 0 Å². The highest BCUT2D eigenvalue weighted by atomic mass is 15.2. The molecule has 0 unspecified atom stereocenters. The molecule has 3 heteroatoms. The summed E-state index contributed by atoms with van der Waals surface area (Å²) < 4.78 is 0. The number of rotatable bonds is 0. The lowest BCUT2D eigenvalue weighted by Gasteiger charge is -2.07. The van der Waals surface area contributed by atoms with Crippen LogP contribution >= 0.6 is 0 Å². The van der Waals surface area contributed by atoms with E-state index in [9.17, 15) is 0 Å². The van der Waals surface area contributed by atoms with Crippen molar-refractivity contribution in [3.63, 3.8) is 0 Å². The van der Waals surface area contributed by atoms with E-state index in [0.29, 0.717) is 0 Å². The lowest BCUT2D eigenvalue weighted by Crippen LogP contribution is -2.21. The third kappa shape index (κ3) is 0.650. The predicted molar refractivity (Wildman–Crippen MR) is 35.3 cm³/mol. The van der Waals surface area contributed by atoms with Gasteiger partial charge in [-0.3, -0.25) is 0 Å². The van der Waals surface area contributed by atoms with Gasteiger partial charge in [-0.15, -0.1) is 0 Å². The highest BCUT2D eigenvalue weighted by Crippen LogP contribution is 2.06. The van der Waals surface area contributed by atoms with Gasteiger partial charge in [-0.05, 0) is 12.3 Å². The lowest BCUT2D eigenvalue weighted by molar-refractivity contribution is 0.780. The largest absolute Gasteiger partial charge is 0.385 e. The third-order valence-electron chi connectivity index (χ3n) is 1.55. The highest BCUT2D eigenvalue weighted by Gasteiger charge is 2.11. The number of allylic oxidation sites excluding steroid dienone is 1. The number of hydrogen-bond acceptors (Lipinski definition) is 3. The van der Waals surface area contributed by atoms with Crippen molar-refractivity contribution in [3.8, 4) is 0 Å². The molecule has 3 N–H and O–H groups in total. The van der Waals surface area contributed by atoms with Crippen molar-refractivity contribution in [1.29, 1.82) is 0 Å². The maximum Gasteiger partial charge on any atom is 0.0848 e. The van der Waals surface area contributed by atoms with Crippen LogP contribution < -0.4 is 16.0 Å². The van der Waals surface area contributed by atoms with Crippen LogP contribution in [0.1, 0.15) is 0 Å². The minimum Gasteiger partial charge on any atom is -0.385 e. The summed E-state index contributed by atoms with van der Waals surface area (Å²) in [7, 11) is 0. The van der Waals surface area contributed by atoms with Crippen LogP contribution in [0, 0.1) is 0 Å². The summed E-state index contributed by atoms with van der Waals surface area (Å²) in [5.74, 6) is 0. The molecule has 0 saturated heterocycles. The Morgan fingerprint density at radius 2 is 2.33 bits per heavy atom. The Morgan fingerprint density at radius 1 is 1.33 bits per heavy atom. The summed E-state index contributed by atoms with van der Waals surface area (Å²) in [6, 6.07) is 0. The lowest BCUT2D eigenvalue weighted by atomic mass is 10.3. The molecule has 0 fully saturated rings. The Kier molecular flexibility index (Phi) is 0.886. The first-order valence-corrected chi connectivity index (χ1v) is 3.07. The van der Waals surface area contributed by atoms with Crippen molar-refractivity contribution in [2.75, 3.05) is 13.2 Å². The maximum atomic E-state index is 3.21. The Labute approximate surface area is 53.8 Å². The van der Waals surface area contributed by atoms with E-state index in [1.807, 2.05) is 12.3 Å². The Hall–Kier alpha value is -1.12. The van der Waals surface area contributed by atoms with E-state index in [-0.39, 0.29) is 0 Å². The number of dihydropyridines is 1. The van der Waals surface area contributed by atoms with Crippen molar-refractivity contribution >= 4 is 0 Å². The van der Waals surface area contributed by atoms with Crippen molar-refractivity contribution < 1.29 is 0 Å². The molecule has 0 spiro atoms. The van der Waals surface area contributed by atoms with Crippen LogP contribution in [0.5, 0.6) is 0 Å². The molecule has 0 aromatic rings. The number of hydrogen-bond donors (Lipinski definition) is 3. The van der Waals surface area contributed by atoms with Gasteiger partial charge >= 0.3 is 0 Å². The summed E-state index contributed by atoms with van der Waals surface area (Å²) >= 11 is 0. The maximum absolute atomic E-state index is 3.21. The zero-order valence-electron chi connectivity index (χ0n) is 5.07. The van der Waals surface area contributed by atoms with Gasteiger partial charge < -0.3 is 16.0 Å². The first kappa shape index (κ1) is 4.73. The summed E-state index contributed by atoms with van der Waals surface area (Å²) in [6.07, 6.45) is 4.00. The van der Waals surface area contributed by atoms with Gasteiger partial charge in [0.15, 0.2) is 0 Å². The molecular weight excluding hydrogens is 114 g/mol. The van der Waals surface area contributed by atoms with E-state index in [4.69, 9.17) is 0 Å². The van der Waals surface area contributed by atoms with Crippen LogP contribution in [0.15, 0.2) is 23.7 Å². The Morgan fingerprint density at radius 3 is 3.22 bits per heavy atom. The first-order valence-electron chi connectivity index (χ1n) is 3.07. The van der Waals surface area contributed by atoms with Gasteiger partial charge in [-0.2, -0.15) is 0 Å². The molecule has 0 radical (unpaired) electrons. The fourth-order valence-electron chi connectivity index (χ4n) is 1.07. The fourth-order valence-corrected chi connectivity index (χ4v) is 1.07. The molecule has 0 aromatic carbocycles. The molecule has 2 aliphatic heterocycles. The smallest absolute Gasteiger partial charge is 0.0848 e. The van der Waals surface area contributed by atoms with E-state index < -0.39 is 0 Å². The van der Waals surface area contributed by atoms with Crippen molar-refractivity contribution in [3.05, 3.63) is 23.7 Å². The standard InChI is InChI=1S/C6H9N3/c1-2-7-3-6-5(1)8-4-9-6/h1-2,7-9H,3-4H2. The van der Waals surface area contributed by atoms with Gasteiger partial charge in [-0.1, -0.05) is 0 Å². The first-order chi connectivity index (χ1) is 4.47. The zero-order valence-corrected chi connectivity index (χ0v) is 5.07. The van der Waals surface area contributed by atoms with Crippen LogP contribution in [0.25, 0.3) is 0 Å². The van der Waals surface area contributed by atoms with Crippen molar-refractivity contribution in [2.24, 2.45) is 0 Å². The van der Waals surface area contributed by atoms with E-state index >= 15 is 0 Å². The molecule has 0 saturated carbocycles. The van der Waals surface area contributed by atoms with Crippen LogP contribution in [-0.4, -0.2) is 13.2 Å². The molecule has 0 amide bonds. The molecule has 2 aliphatic rings. The third-order valence-corrected chi connectivity index (χ3v) is 1.55. The Bertz CT molecular complexity index is 181. The van der Waals surface area contributed by atoms with Gasteiger partial charge in [0.1, 0.15) is 0 Å². The van der Waals surface area contributed by atoms with Crippen LogP contribution in [0.3, 0.4) is 0 Å². The zero-order chi connectivity index (χ0) is 6.10. The molecular formula is C6H9N3. The summed E-state index contributed by atoms with van der Waals surface area (Å²) in [5, 5.41) is 9.53. The minimum absolute atomic E-state index is 0.872. The second-order valence-corrected chi connectivity index (χ2v) is 2.14. The molecule has 2 rings (SSSR count). The normalized spacial score (nSPS) is 22.2. The molecule has 48 valence electrons. The van der Waals surface area contributed by atoms with Crippen LogP contribution in [0.2, 0.25) is 0 Å². The molecule has 0 aromatic heterocycles. The van der Waals surface area contributed by atoms with Crippen LogP contribution in [-0.2, 0) is 0 Å². The second kappa shape index (κ2) is 1.69. The average Bonchev–Trinajstić information content (AvgIpc) is 2.33. The minimum atomic E-state index is 0.872. The SMILES string of the molecule is C1=CC2=C(CN1)NCN2. The average molecular weight is 123 g/mol. The van der Waals surface area contributed by atoms with Gasteiger partial charge in [0.2, 0.25) is 0 Å². The number of nitrogens with one attached hydrogen (secondary N) is 3. The molecule has 0 atom stereocenters. The van der Waals surface area contributed by atoms with Crippen molar-refractivity contribution in [1.82, 2.24) is 16.0 Å². The fraction of sp³-hybridized carbons (Fsp3) is 0.333. The van der Waals surface area contributed by atoms with Crippen LogP contribution in [0.4, 0.5) is 0 Å². The van der Waals surface area contributed by atoms with E-state index in [1.165, 1.54) is 11.4 Å². The molecule has 3 nitrogen and oxygen atoms in total. The summed E-state index contributed by atoms with van der Waals surface area (Å²) in [6.45, 7) is 1.80. The molecule has 9 heavy (non-hydrogen) atoms. The second-order valence-electron chi connectivity index (χ2n) is 2.14. The van der Waals surface area contributed by atoms with Crippen molar-refractivity contribution in [2.45, 2.75) is 0 Å². The molecule has 0 aliphatic carbocycles. The highest BCUT2D eigenvalue weighted by molar-refractivity contribution is 5.30. The van der Waals surface area contributed by atoms with Gasteiger partial charge in [0.05, 0.1) is 24.6 Å². The summed E-state index contributed by atoms with van der Waals surface area (Å²) in [5.41, 5.74) is 2.51. The summed E-state index contributed by atoms with van der Waals surface area (Å²) in [4.78, 5) is 0. The molecule has 0 bridgehead atoms. The predicted octanol–water partition coefficient (Wildman–Crippen LogP) is -0.535. The van der Waals surface area contributed by atoms with Gasteiger partial charge in [0, 0.05) is 0 Å². The van der Waals surface area contributed by atoms with E-state index in [2.05, 4.69) is 16.0 Å². The monoisotopic (exact) mass is 123 g/mol. The quantitative estimate of drug-likeness (QED) is 0.405. The van der Waals surface area contributed by atoms with E-state index in [0.717, 1.165) is 13.2 Å². The van der Waals surface area contributed by atoms with E-state index in [1.54, 1.807) is 0 Å². The molecule has 2 heterocycles.